The van der Waals surface area contributed by atoms with E-state index < -0.39 is 53.8 Å². The topological polar surface area (TPSA) is 249 Å². The zero-order chi connectivity index (χ0) is 27.4. The number of hydrogen-bond donors (Lipinski definition) is 7. The number of nitrogens with two attached hydrogens (primary N) is 4. The molecule has 0 saturated carbocycles. The van der Waals surface area contributed by atoms with Crippen LogP contribution in [0.3, 0.4) is 0 Å². The summed E-state index contributed by atoms with van der Waals surface area (Å²) in [6.07, 6.45) is 1.88. The van der Waals surface area contributed by atoms with Crippen molar-refractivity contribution >= 4 is 35.6 Å². The number of primary amides is 1. The monoisotopic (exact) mass is 512 g/mol. The lowest BCUT2D eigenvalue weighted by molar-refractivity contribution is -0.145. The van der Waals surface area contributed by atoms with Crippen LogP contribution in [0.2, 0.25) is 0 Å². The minimum absolute atomic E-state index is 0.0388. The van der Waals surface area contributed by atoms with Gasteiger partial charge in [-0.05, 0) is 38.0 Å². The second-order valence-corrected chi connectivity index (χ2v) is 9.02. The van der Waals surface area contributed by atoms with Gasteiger partial charge in [-0.1, -0.05) is 20.3 Å². The maximum absolute atomic E-state index is 13.4. The quantitative estimate of drug-likeness (QED) is 0.0708. The average molecular weight is 513 g/mol. The minimum Gasteiger partial charge on any atom is -0.480 e. The number of nitrogens with zero attached hydrogens (tertiary/aromatic N) is 2. The number of aliphatic imine (C=N–C) groups is 1. The van der Waals surface area contributed by atoms with Crippen molar-refractivity contribution in [2.24, 2.45) is 33.8 Å². The molecule has 14 heteroatoms. The molecule has 1 fully saturated rings. The van der Waals surface area contributed by atoms with Crippen molar-refractivity contribution in [3.8, 4) is 0 Å². The van der Waals surface area contributed by atoms with Crippen LogP contribution in [0.4, 0.5) is 0 Å². The van der Waals surface area contributed by atoms with Crippen molar-refractivity contribution in [2.75, 3.05) is 13.1 Å². The number of carbonyl (C=O) groups is 5. The van der Waals surface area contributed by atoms with E-state index in [9.17, 15) is 29.1 Å². The van der Waals surface area contributed by atoms with Crippen LogP contribution in [0.25, 0.3) is 0 Å². The molecule has 0 aromatic rings. The van der Waals surface area contributed by atoms with E-state index >= 15 is 0 Å². The summed E-state index contributed by atoms with van der Waals surface area (Å²) in [6.45, 7) is 4.15. The first-order valence-electron chi connectivity index (χ1n) is 12.1. The maximum atomic E-state index is 13.4. The van der Waals surface area contributed by atoms with Crippen LogP contribution in [0, 0.1) is 5.92 Å². The molecule has 204 valence electrons. The number of likely N-dealkylation sites (tertiary alicyclic amines) is 1. The van der Waals surface area contributed by atoms with Gasteiger partial charge in [0.2, 0.25) is 23.6 Å². The second-order valence-electron chi connectivity index (χ2n) is 9.02. The van der Waals surface area contributed by atoms with Gasteiger partial charge < -0.3 is 43.6 Å². The van der Waals surface area contributed by atoms with E-state index in [1.807, 2.05) is 6.92 Å². The number of rotatable bonds is 15. The lowest BCUT2D eigenvalue weighted by atomic mass is 9.96. The normalized spacial score (nSPS) is 18.4. The zero-order valence-corrected chi connectivity index (χ0v) is 20.9. The Bertz CT molecular complexity index is 831. The molecule has 36 heavy (non-hydrogen) atoms. The first-order valence-corrected chi connectivity index (χ1v) is 12.1. The van der Waals surface area contributed by atoms with Gasteiger partial charge in [0.05, 0.1) is 6.04 Å². The van der Waals surface area contributed by atoms with Gasteiger partial charge in [-0.15, -0.1) is 0 Å². The third-order valence-electron chi connectivity index (χ3n) is 6.21. The van der Waals surface area contributed by atoms with Crippen LogP contribution in [0.5, 0.6) is 0 Å². The van der Waals surface area contributed by atoms with Crippen molar-refractivity contribution in [2.45, 2.75) is 83.0 Å². The molecule has 1 heterocycles. The summed E-state index contributed by atoms with van der Waals surface area (Å²) in [5, 5.41) is 14.7. The van der Waals surface area contributed by atoms with Gasteiger partial charge in [0.25, 0.3) is 0 Å². The minimum atomic E-state index is -1.21. The Morgan fingerprint density at radius 3 is 2.33 bits per heavy atom. The summed E-state index contributed by atoms with van der Waals surface area (Å²) in [6, 6.07) is -4.00. The molecule has 0 bridgehead atoms. The number of carboxylic acids is 1. The molecule has 1 aliphatic heterocycles. The number of hydrogen-bond acceptors (Lipinski definition) is 7. The van der Waals surface area contributed by atoms with Crippen molar-refractivity contribution < 1.29 is 29.1 Å². The average Bonchev–Trinajstić information content (AvgIpc) is 3.31. The van der Waals surface area contributed by atoms with E-state index in [4.69, 9.17) is 22.9 Å². The fourth-order valence-electron chi connectivity index (χ4n) is 3.88. The Labute approximate surface area is 210 Å². The molecule has 1 saturated heterocycles. The summed E-state index contributed by atoms with van der Waals surface area (Å²) in [4.78, 5) is 66.8. The first kappa shape index (κ1) is 30.6. The standard InChI is InChI=1S/C22H40N8O6/c1-3-12(2)17(29-18(32)13(23)8-9-16(24)31)20(34)30-11-5-7-15(30)19(33)28-14(21(35)36)6-4-10-27-22(25)26/h12-15,17H,3-11,23H2,1-2H3,(H2,24,31)(H,28,33)(H,29,32)(H,35,36)(H4,25,26,27). The van der Waals surface area contributed by atoms with Crippen LogP contribution < -0.4 is 33.6 Å². The molecular weight excluding hydrogens is 472 g/mol. The van der Waals surface area contributed by atoms with Gasteiger partial charge in [0.1, 0.15) is 18.1 Å². The number of carboxylic acid groups (broad SMARTS) is 1. The van der Waals surface area contributed by atoms with Crippen molar-refractivity contribution in [1.29, 1.82) is 0 Å². The van der Waals surface area contributed by atoms with Gasteiger partial charge >= 0.3 is 5.97 Å². The van der Waals surface area contributed by atoms with Crippen LogP contribution in [0.1, 0.15) is 58.8 Å². The molecule has 14 nitrogen and oxygen atoms in total. The van der Waals surface area contributed by atoms with Crippen molar-refractivity contribution in [1.82, 2.24) is 15.5 Å². The molecule has 5 unspecified atom stereocenters. The highest BCUT2D eigenvalue weighted by Gasteiger charge is 2.40. The summed E-state index contributed by atoms with van der Waals surface area (Å²) < 4.78 is 0. The summed E-state index contributed by atoms with van der Waals surface area (Å²) in [5.41, 5.74) is 21.5. The Hall–Kier alpha value is -3.42. The van der Waals surface area contributed by atoms with Gasteiger partial charge in [0.15, 0.2) is 5.96 Å². The Kier molecular flexibility index (Phi) is 12.6. The molecule has 0 aromatic carbocycles. The third kappa shape index (κ3) is 9.68. The van der Waals surface area contributed by atoms with E-state index in [1.54, 1.807) is 6.92 Å². The first-order chi connectivity index (χ1) is 16.9. The molecule has 1 aliphatic rings. The molecule has 5 atom stereocenters. The van der Waals surface area contributed by atoms with Gasteiger partial charge in [-0.25, -0.2) is 4.79 Å². The fraction of sp³-hybridized carbons (Fsp3) is 0.727. The number of carbonyl (C=O) groups excluding carboxylic acids is 4. The van der Waals surface area contributed by atoms with E-state index in [0.29, 0.717) is 25.7 Å². The number of aliphatic carboxylic acids is 1. The molecule has 0 radical (unpaired) electrons. The van der Waals surface area contributed by atoms with Crippen molar-refractivity contribution in [3.05, 3.63) is 0 Å². The van der Waals surface area contributed by atoms with Crippen LogP contribution >= 0.6 is 0 Å². The van der Waals surface area contributed by atoms with Crippen LogP contribution in [-0.4, -0.2) is 82.8 Å². The lowest BCUT2D eigenvalue weighted by Crippen LogP contribution is -2.58. The second kappa shape index (κ2) is 14.9. The SMILES string of the molecule is CCC(C)C(NC(=O)C(N)CCC(N)=O)C(=O)N1CCCC1C(=O)NC(CCCN=C(N)N)C(=O)O. The summed E-state index contributed by atoms with van der Waals surface area (Å²) in [5.74, 6) is -3.80. The Morgan fingerprint density at radius 2 is 1.78 bits per heavy atom. The van der Waals surface area contributed by atoms with E-state index in [2.05, 4.69) is 15.6 Å². The highest BCUT2D eigenvalue weighted by molar-refractivity contribution is 5.94. The maximum Gasteiger partial charge on any atom is 0.326 e. The van der Waals surface area contributed by atoms with E-state index in [0.717, 1.165) is 0 Å². The fourth-order valence-corrected chi connectivity index (χ4v) is 3.88. The zero-order valence-electron chi connectivity index (χ0n) is 20.9. The molecule has 1 rings (SSSR count). The smallest absolute Gasteiger partial charge is 0.326 e. The highest BCUT2D eigenvalue weighted by atomic mass is 16.4. The van der Waals surface area contributed by atoms with Gasteiger partial charge in [0, 0.05) is 19.5 Å². The third-order valence-corrected chi connectivity index (χ3v) is 6.21. The van der Waals surface area contributed by atoms with Gasteiger partial charge in [-0.3, -0.25) is 24.2 Å². The lowest BCUT2D eigenvalue weighted by Gasteiger charge is -2.32. The Morgan fingerprint density at radius 1 is 1.11 bits per heavy atom. The van der Waals surface area contributed by atoms with Gasteiger partial charge in [-0.2, -0.15) is 0 Å². The van der Waals surface area contributed by atoms with E-state index in [1.165, 1.54) is 4.90 Å². The summed E-state index contributed by atoms with van der Waals surface area (Å²) >= 11 is 0. The predicted octanol–water partition coefficient (Wildman–Crippen LogP) is -2.28. The van der Waals surface area contributed by atoms with Crippen LogP contribution in [0.15, 0.2) is 4.99 Å². The Balaban J connectivity index is 2.90. The van der Waals surface area contributed by atoms with E-state index in [-0.39, 0.29) is 44.2 Å². The molecular formula is C22H40N8O6. The molecule has 0 aliphatic carbocycles. The number of nitrogens with one attached hydrogen (secondary N) is 2. The highest BCUT2D eigenvalue weighted by Crippen LogP contribution is 2.22. The molecule has 0 aromatic heterocycles. The van der Waals surface area contributed by atoms with Crippen LogP contribution in [-0.2, 0) is 24.0 Å². The molecule has 4 amide bonds. The predicted molar refractivity (Wildman–Crippen MR) is 132 cm³/mol. The number of amides is 4. The number of guanidine groups is 1. The van der Waals surface area contributed by atoms with Crippen molar-refractivity contribution in [3.63, 3.8) is 0 Å². The summed E-state index contributed by atoms with van der Waals surface area (Å²) in [7, 11) is 0. The molecule has 0 spiro atoms. The molecule has 11 N–H and O–H groups in total. The largest absolute Gasteiger partial charge is 0.480 e.